The first-order valence-electron chi connectivity index (χ1n) is 4.75. The maximum Gasteiger partial charge on any atom is 0.132 e. The predicted molar refractivity (Wildman–Crippen MR) is 79.8 cm³/mol. The fourth-order valence-corrected chi connectivity index (χ4v) is 4.90. The molecule has 0 amide bonds. The number of hydrogen-bond acceptors (Lipinski definition) is 2. The molecule has 0 bridgehead atoms. The molecule has 1 nitrogen and oxygen atoms in total. The molecule has 0 aliphatic heterocycles. The Labute approximate surface area is 132 Å². The van der Waals surface area contributed by atoms with E-state index < -0.39 is 17.7 Å². The van der Waals surface area contributed by atoms with Gasteiger partial charge in [-0.3, -0.25) is 0 Å². The summed E-state index contributed by atoms with van der Waals surface area (Å²) in [5, 5.41) is 0. The molecule has 0 aliphatic rings. The lowest BCUT2D eigenvalue weighted by molar-refractivity contribution is 0.542. The molecule has 7 heteroatoms. The van der Waals surface area contributed by atoms with Crippen molar-refractivity contribution >= 4 is 59.1 Å². The Bertz CT molecular complexity index is 577. The van der Waals surface area contributed by atoms with Crippen LogP contribution in [0.4, 0.5) is 8.78 Å². The van der Waals surface area contributed by atoms with E-state index in [0.29, 0.717) is 10.0 Å². The molecule has 0 saturated carbocycles. The minimum atomic E-state index is -0.852. The highest BCUT2D eigenvalue weighted by atomic mass is 79.9. The molecule has 1 heterocycles. The Balaban J connectivity index is 2.52. The van der Waals surface area contributed by atoms with Gasteiger partial charge < -0.3 is 5.73 Å². The quantitative estimate of drug-likeness (QED) is 0.640. The first-order chi connectivity index (χ1) is 8.40. The maximum absolute atomic E-state index is 13.8. The van der Waals surface area contributed by atoms with Crippen molar-refractivity contribution in [2.75, 3.05) is 0 Å². The third-order valence-electron chi connectivity index (χ3n) is 2.37. The van der Waals surface area contributed by atoms with Gasteiger partial charge in [-0.15, -0.1) is 11.3 Å². The number of nitrogens with two attached hydrogens (primary N) is 1. The van der Waals surface area contributed by atoms with Crippen molar-refractivity contribution in [3.05, 3.63) is 53.0 Å². The van der Waals surface area contributed by atoms with E-state index in [1.807, 2.05) is 0 Å². The summed E-state index contributed by atoms with van der Waals surface area (Å²) in [6.07, 6.45) is 0. The van der Waals surface area contributed by atoms with Gasteiger partial charge in [0.1, 0.15) is 11.6 Å². The van der Waals surface area contributed by atoms with Gasteiger partial charge in [0.25, 0.3) is 0 Å². The van der Waals surface area contributed by atoms with Crippen molar-refractivity contribution < 1.29 is 8.78 Å². The van der Waals surface area contributed by atoms with E-state index in [-0.39, 0.29) is 5.56 Å². The summed E-state index contributed by atoms with van der Waals surface area (Å²) < 4.78 is 29.6. The zero-order valence-corrected chi connectivity index (χ0v) is 14.3. The average molecular weight is 462 g/mol. The third kappa shape index (κ3) is 2.85. The fourth-order valence-electron chi connectivity index (χ4n) is 1.57. The lowest BCUT2D eigenvalue weighted by Gasteiger charge is -2.14. The van der Waals surface area contributed by atoms with Crippen LogP contribution in [0.1, 0.15) is 17.2 Å². The van der Waals surface area contributed by atoms with Crippen molar-refractivity contribution in [1.29, 1.82) is 0 Å². The molecule has 0 aliphatic carbocycles. The molecule has 0 fully saturated rings. The van der Waals surface area contributed by atoms with Crippen LogP contribution in [0.2, 0.25) is 0 Å². The van der Waals surface area contributed by atoms with Gasteiger partial charge in [-0.05, 0) is 55.6 Å². The largest absolute Gasteiger partial charge is 0.320 e. The monoisotopic (exact) mass is 459 g/mol. The van der Waals surface area contributed by atoms with E-state index in [9.17, 15) is 8.78 Å². The summed E-state index contributed by atoms with van der Waals surface area (Å²) in [4.78, 5) is 0. The topological polar surface area (TPSA) is 26.0 Å². The Morgan fingerprint density at radius 1 is 1.06 bits per heavy atom. The molecule has 2 N–H and O–H groups in total. The predicted octanol–water partition coefficient (Wildman–Crippen LogP) is 5.36. The number of halogens is 5. The second-order valence-corrected chi connectivity index (χ2v) is 8.21. The number of benzene rings is 1. The Morgan fingerprint density at radius 2 is 1.61 bits per heavy atom. The third-order valence-corrected chi connectivity index (χ3v) is 5.22. The van der Waals surface area contributed by atoms with Crippen LogP contribution < -0.4 is 5.73 Å². The minimum Gasteiger partial charge on any atom is -0.320 e. The highest BCUT2D eigenvalue weighted by Crippen LogP contribution is 2.38. The lowest BCUT2D eigenvalue weighted by Crippen LogP contribution is -2.15. The summed E-state index contributed by atoms with van der Waals surface area (Å²) >= 11 is 11.1. The molecule has 1 aromatic heterocycles. The maximum atomic E-state index is 13.8. The molecule has 2 rings (SSSR count). The van der Waals surface area contributed by atoms with Crippen molar-refractivity contribution in [2.24, 2.45) is 5.73 Å². The van der Waals surface area contributed by atoms with Crippen molar-refractivity contribution in [1.82, 2.24) is 0 Å². The molecule has 0 saturated heterocycles. The lowest BCUT2D eigenvalue weighted by atomic mass is 10.0. The molecule has 1 atom stereocenters. The van der Waals surface area contributed by atoms with Crippen molar-refractivity contribution in [2.45, 2.75) is 6.04 Å². The first-order valence-corrected chi connectivity index (χ1v) is 7.94. The summed E-state index contributed by atoms with van der Waals surface area (Å²) in [7, 11) is 0. The molecule has 2 aromatic rings. The first kappa shape index (κ1) is 14.6. The standard InChI is InChI=1S/C11H6Br3F2NS/c12-4-1-6(15)9(7(16)2-4)10(17)5-3-8(13)18-11(5)14/h1-3,10H,17H2. The van der Waals surface area contributed by atoms with Crippen LogP contribution in [0.5, 0.6) is 0 Å². The summed E-state index contributed by atoms with van der Waals surface area (Å²) in [6, 6.07) is 3.30. The molecule has 1 aromatic carbocycles. The van der Waals surface area contributed by atoms with E-state index in [2.05, 4.69) is 47.8 Å². The fraction of sp³-hybridized carbons (Fsp3) is 0.0909. The van der Waals surface area contributed by atoms with E-state index in [1.165, 1.54) is 23.5 Å². The van der Waals surface area contributed by atoms with Crippen LogP contribution in [0.15, 0.2) is 30.2 Å². The molecule has 18 heavy (non-hydrogen) atoms. The van der Waals surface area contributed by atoms with Crippen LogP contribution >= 0.6 is 59.1 Å². The highest BCUT2D eigenvalue weighted by molar-refractivity contribution is 9.12. The van der Waals surface area contributed by atoms with Crippen molar-refractivity contribution in [3.8, 4) is 0 Å². The van der Waals surface area contributed by atoms with E-state index in [1.54, 1.807) is 6.07 Å². The molecule has 0 radical (unpaired) electrons. The molecular weight excluding hydrogens is 456 g/mol. The molecule has 0 spiro atoms. The SMILES string of the molecule is NC(c1cc(Br)sc1Br)c1c(F)cc(Br)cc1F. The Kier molecular flexibility index (Phi) is 4.59. The van der Waals surface area contributed by atoms with Crippen LogP contribution in [0.25, 0.3) is 0 Å². The number of thiophene rings is 1. The van der Waals surface area contributed by atoms with E-state index in [4.69, 9.17) is 5.73 Å². The number of hydrogen-bond donors (Lipinski definition) is 1. The van der Waals surface area contributed by atoms with Crippen LogP contribution in [0, 0.1) is 11.6 Å². The Morgan fingerprint density at radius 3 is 2.06 bits per heavy atom. The number of rotatable bonds is 2. The summed E-state index contributed by atoms with van der Waals surface area (Å²) in [5.74, 6) is -1.33. The van der Waals surface area contributed by atoms with E-state index in [0.717, 1.165) is 7.57 Å². The summed E-state index contributed by atoms with van der Waals surface area (Å²) in [6.45, 7) is 0. The highest BCUT2D eigenvalue weighted by Gasteiger charge is 2.22. The van der Waals surface area contributed by atoms with Gasteiger partial charge in [-0.2, -0.15) is 0 Å². The molecular formula is C11H6Br3F2NS. The van der Waals surface area contributed by atoms with Crippen LogP contribution in [-0.2, 0) is 0 Å². The molecule has 96 valence electrons. The Hall–Kier alpha value is 0.180. The average Bonchev–Trinajstić information content (AvgIpc) is 2.56. The van der Waals surface area contributed by atoms with Gasteiger partial charge in [-0.1, -0.05) is 15.9 Å². The van der Waals surface area contributed by atoms with Crippen LogP contribution in [-0.4, -0.2) is 0 Å². The van der Waals surface area contributed by atoms with Crippen LogP contribution in [0.3, 0.4) is 0 Å². The zero-order chi connectivity index (χ0) is 13.4. The van der Waals surface area contributed by atoms with Crippen molar-refractivity contribution in [3.63, 3.8) is 0 Å². The van der Waals surface area contributed by atoms with E-state index >= 15 is 0 Å². The van der Waals surface area contributed by atoms with Gasteiger partial charge in [0.2, 0.25) is 0 Å². The second kappa shape index (κ2) is 5.66. The second-order valence-electron chi connectivity index (χ2n) is 3.54. The smallest absolute Gasteiger partial charge is 0.132 e. The van der Waals surface area contributed by atoms with Gasteiger partial charge in [0.15, 0.2) is 0 Å². The molecule has 1 unspecified atom stereocenters. The minimum absolute atomic E-state index is 0.135. The normalized spacial score (nSPS) is 12.8. The van der Waals surface area contributed by atoms with Gasteiger partial charge in [-0.25, -0.2) is 8.78 Å². The van der Waals surface area contributed by atoms with Gasteiger partial charge in [0.05, 0.1) is 13.6 Å². The van der Waals surface area contributed by atoms with Gasteiger partial charge >= 0.3 is 0 Å². The summed E-state index contributed by atoms with van der Waals surface area (Å²) in [5.41, 5.74) is 6.45. The van der Waals surface area contributed by atoms with Gasteiger partial charge in [0, 0.05) is 10.0 Å². The zero-order valence-electron chi connectivity index (χ0n) is 8.68.